The molecule has 0 aliphatic carbocycles. The largest absolute Gasteiger partial charge is 0.352 e. The van der Waals surface area contributed by atoms with E-state index in [1.54, 1.807) is 4.90 Å². The molecule has 1 aliphatic heterocycles. The van der Waals surface area contributed by atoms with Gasteiger partial charge in [-0.15, -0.1) is 0 Å². The van der Waals surface area contributed by atoms with E-state index in [4.69, 9.17) is 5.73 Å². The summed E-state index contributed by atoms with van der Waals surface area (Å²) in [6.45, 7) is 5.10. The number of hydrogen-bond acceptors (Lipinski definition) is 3. The minimum absolute atomic E-state index is 0.0512. The molecule has 132 valence electrons. The quantitative estimate of drug-likeness (QED) is 0.805. The summed E-state index contributed by atoms with van der Waals surface area (Å²) in [6, 6.07) is 8.94. The molecule has 2 amide bonds. The summed E-state index contributed by atoms with van der Waals surface area (Å²) in [4.78, 5) is 27.0. The lowest BCUT2D eigenvalue weighted by molar-refractivity contribution is -0.142. The van der Waals surface area contributed by atoms with E-state index in [2.05, 4.69) is 5.32 Å². The fraction of sp³-hybridized carbons (Fsp3) is 0.579. The smallest absolute Gasteiger partial charge is 0.247 e. The summed E-state index contributed by atoms with van der Waals surface area (Å²) in [5.41, 5.74) is 6.74. The van der Waals surface area contributed by atoms with Crippen LogP contribution in [0.5, 0.6) is 0 Å². The minimum Gasteiger partial charge on any atom is -0.352 e. The van der Waals surface area contributed by atoms with Gasteiger partial charge in [-0.2, -0.15) is 0 Å². The summed E-state index contributed by atoms with van der Waals surface area (Å²) in [6.07, 6.45) is 3.94. The highest BCUT2D eigenvalue weighted by atomic mass is 16.2. The summed E-state index contributed by atoms with van der Waals surface area (Å²) in [5, 5.41) is 2.98. The SMILES string of the molecule is CCC(N)(CC)CNC(=O)C(c1ccccc1)N1CCCCC1=O. The molecule has 0 spiro atoms. The van der Waals surface area contributed by atoms with Gasteiger partial charge in [0.05, 0.1) is 0 Å². The third-order valence-electron chi connectivity index (χ3n) is 5.06. The first kappa shape index (κ1) is 18.5. The number of nitrogens with two attached hydrogens (primary N) is 1. The van der Waals surface area contributed by atoms with Crippen LogP contribution in [0.4, 0.5) is 0 Å². The molecule has 1 unspecified atom stereocenters. The molecule has 1 aromatic rings. The van der Waals surface area contributed by atoms with E-state index in [0.717, 1.165) is 31.2 Å². The van der Waals surface area contributed by atoms with Crippen LogP contribution in [-0.2, 0) is 9.59 Å². The lowest BCUT2D eigenvalue weighted by atomic mass is 9.93. The maximum absolute atomic E-state index is 12.9. The van der Waals surface area contributed by atoms with Crippen molar-refractivity contribution in [3.8, 4) is 0 Å². The van der Waals surface area contributed by atoms with Crippen molar-refractivity contribution >= 4 is 11.8 Å². The normalized spacial score (nSPS) is 16.8. The van der Waals surface area contributed by atoms with Gasteiger partial charge in [0, 0.05) is 25.0 Å². The van der Waals surface area contributed by atoms with Crippen molar-refractivity contribution in [2.75, 3.05) is 13.1 Å². The van der Waals surface area contributed by atoms with E-state index in [1.165, 1.54) is 0 Å². The molecule has 1 saturated heterocycles. The Morgan fingerprint density at radius 1 is 1.25 bits per heavy atom. The van der Waals surface area contributed by atoms with Crippen LogP contribution in [0.3, 0.4) is 0 Å². The van der Waals surface area contributed by atoms with Gasteiger partial charge in [-0.3, -0.25) is 9.59 Å². The van der Waals surface area contributed by atoms with Crippen molar-refractivity contribution in [1.29, 1.82) is 0 Å². The molecule has 5 nitrogen and oxygen atoms in total. The average Bonchev–Trinajstić information content (AvgIpc) is 2.62. The molecule has 0 saturated carbocycles. The van der Waals surface area contributed by atoms with Crippen molar-refractivity contribution in [2.45, 2.75) is 57.5 Å². The van der Waals surface area contributed by atoms with E-state index >= 15 is 0 Å². The molecule has 5 heteroatoms. The number of benzene rings is 1. The third kappa shape index (κ3) is 4.35. The Hall–Kier alpha value is -1.88. The number of rotatable bonds is 7. The highest BCUT2D eigenvalue weighted by Crippen LogP contribution is 2.26. The van der Waals surface area contributed by atoms with E-state index < -0.39 is 11.6 Å². The van der Waals surface area contributed by atoms with Crippen molar-refractivity contribution in [1.82, 2.24) is 10.2 Å². The minimum atomic E-state index is -0.572. The van der Waals surface area contributed by atoms with Gasteiger partial charge in [0.2, 0.25) is 11.8 Å². The van der Waals surface area contributed by atoms with Gasteiger partial charge in [0.25, 0.3) is 0 Å². The Morgan fingerprint density at radius 3 is 2.50 bits per heavy atom. The number of amides is 2. The van der Waals surface area contributed by atoms with Crippen LogP contribution in [0.1, 0.15) is 57.6 Å². The molecule has 24 heavy (non-hydrogen) atoms. The van der Waals surface area contributed by atoms with Crippen LogP contribution < -0.4 is 11.1 Å². The number of carbonyl (C=O) groups excluding carboxylic acids is 2. The Balaban J connectivity index is 2.19. The van der Waals surface area contributed by atoms with Crippen molar-refractivity contribution < 1.29 is 9.59 Å². The first-order valence-electron chi connectivity index (χ1n) is 8.91. The number of nitrogens with one attached hydrogen (secondary N) is 1. The van der Waals surface area contributed by atoms with Crippen LogP contribution in [0.25, 0.3) is 0 Å². The summed E-state index contributed by atoms with van der Waals surface area (Å²) in [5.74, 6) is -0.0941. The second-order valence-corrected chi connectivity index (χ2v) is 6.64. The van der Waals surface area contributed by atoms with E-state index in [9.17, 15) is 9.59 Å². The first-order chi connectivity index (χ1) is 11.5. The Kier molecular flexibility index (Phi) is 6.37. The lowest BCUT2D eigenvalue weighted by Crippen LogP contribution is -2.52. The standard InChI is InChI=1S/C19H29N3O2/c1-3-19(20,4-2)14-21-18(24)17(15-10-6-5-7-11-15)22-13-9-8-12-16(22)23/h5-7,10-11,17H,3-4,8-9,12-14,20H2,1-2H3,(H,21,24). The number of carbonyl (C=O) groups is 2. The predicted octanol–water partition coefficient (Wildman–Crippen LogP) is 2.37. The average molecular weight is 331 g/mol. The zero-order valence-corrected chi connectivity index (χ0v) is 14.8. The van der Waals surface area contributed by atoms with Crippen LogP contribution in [0, 0.1) is 0 Å². The lowest BCUT2D eigenvalue weighted by Gasteiger charge is -2.35. The maximum Gasteiger partial charge on any atom is 0.247 e. The second kappa shape index (κ2) is 8.29. The Labute approximate surface area is 144 Å². The topological polar surface area (TPSA) is 75.4 Å². The van der Waals surface area contributed by atoms with Gasteiger partial charge < -0.3 is 16.0 Å². The molecule has 1 fully saturated rings. The summed E-state index contributed by atoms with van der Waals surface area (Å²) >= 11 is 0. The Morgan fingerprint density at radius 2 is 1.92 bits per heavy atom. The van der Waals surface area contributed by atoms with Crippen LogP contribution in [-0.4, -0.2) is 35.3 Å². The zero-order valence-electron chi connectivity index (χ0n) is 14.8. The van der Waals surface area contributed by atoms with Gasteiger partial charge in [0.15, 0.2) is 0 Å². The predicted molar refractivity (Wildman–Crippen MR) is 95.3 cm³/mol. The molecule has 1 heterocycles. The van der Waals surface area contributed by atoms with Gasteiger partial charge in [-0.25, -0.2) is 0 Å². The molecular weight excluding hydrogens is 302 g/mol. The number of piperidine rings is 1. The first-order valence-corrected chi connectivity index (χ1v) is 8.91. The third-order valence-corrected chi connectivity index (χ3v) is 5.06. The maximum atomic E-state index is 12.9. The van der Waals surface area contributed by atoms with Crippen molar-refractivity contribution in [2.24, 2.45) is 5.73 Å². The van der Waals surface area contributed by atoms with E-state index in [-0.39, 0.29) is 11.8 Å². The molecule has 2 rings (SSSR count). The van der Waals surface area contributed by atoms with Gasteiger partial charge in [-0.1, -0.05) is 44.2 Å². The zero-order chi connectivity index (χ0) is 17.6. The number of likely N-dealkylation sites (tertiary alicyclic amines) is 1. The molecule has 0 bridgehead atoms. The Bertz CT molecular complexity index is 555. The van der Waals surface area contributed by atoms with Gasteiger partial charge in [-0.05, 0) is 31.2 Å². The highest BCUT2D eigenvalue weighted by Gasteiger charge is 2.33. The fourth-order valence-electron chi connectivity index (χ4n) is 3.07. The summed E-state index contributed by atoms with van der Waals surface area (Å²) < 4.78 is 0. The molecule has 0 aromatic heterocycles. The van der Waals surface area contributed by atoms with E-state index in [1.807, 2.05) is 44.2 Å². The molecule has 3 N–H and O–H groups in total. The van der Waals surface area contributed by atoms with Gasteiger partial charge >= 0.3 is 0 Å². The van der Waals surface area contributed by atoms with Crippen molar-refractivity contribution in [3.05, 3.63) is 35.9 Å². The van der Waals surface area contributed by atoms with Crippen LogP contribution in [0.15, 0.2) is 30.3 Å². The number of nitrogens with zero attached hydrogens (tertiary/aromatic N) is 1. The van der Waals surface area contributed by atoms with Gasteiger partial charge in [0.1, 0.15) is 6.04 Å². The number of hydrogen-bond donors (Lipinski definition) is 2. The summed E-state index contributed by atoms with van der Waals surface area (Å²) in [7, 11) is 0. The monoisotopic (exact) mass is 331 g/mol. The van der Waals surface area contributed by atoms with Crippen LogP contribution in [0.2, 0.25) is 0 Å². The molecular formula is C19H29N3O2. The molecule has 1 atom stereocenters. The van der Waals surface area contributed by atoms with Crippen LogP contribution >= 0.6 is 0 Å². The fourth-order valence-corrected chi connectivity index (χ4v) is 3.07. The van der Waals surface area contributed by atoms with Crippen molar-refractivity contribution in [3.63, 3.8) is 0 Å². The second-order valence-electron chi connectivity index (χ2n) is 6.64. The molecule has 0 radical (unpaired) electrons. The van der Waals surface area contributed by atoms with E-state index in [0.29, 0.717) is 19.5 Å². The molecule has 1 aromatic carbocycles. The highest BCUT2D eigenvalue weighted by molar-refractivity contribution is 5.89. The molecule has 1 aliphatic rings.